The van der Waals surface area contributed by atoms with Gasteiger partial charge in [0.15, 0.2) is 0 Å². The third-order valence-electron chi connectivity index (χ3n) is 3.38. The molecule has 0 aromatic heterocycles. The molecule has 1 fully saturated rings. The SMILES string of the molecule is N#Cc1cc(Cl)ccc1NCCCOC1CCNCC1. The first-order chi connectivity index (χ1) is 9.79. The fourth-order valence-corrected chi connectivity index (χ4v) is 2.44. The summed E-state index contributed by atoms with van der Waals surface area (Å²) >= 11 is 5.86. The van der Waals surface area contributed by atoms with E-state index in [4.69, 9.17) is 21.6 Å². The van der Waals surface area contributed by atoms with Gasteiger partial charge < -0.3 is 15.4 Å². The molecular formula is C15H20ClN3O. The van der Waals surface area contributed by atoms with E-state index < -0.39 is 0 Å². The van der Waals surface area contributed by atoms with Gasteiger partial charge in [-0.05, 0) is 50.6 Å². The van der Waals surface area contributed by atoms with E-state index in [2.05, 4.69) is 16.7 Å². The third-order valence-corrected chi connectivity index (χ3v) is 3.61. The standard InChI is InChI=1S/C15H20ClN3O/c16-13-2-3-15(12(10-13)11-17)19-6-1-9-20-14-4-7-18-8-5-14/h2-3,10,14,18-19H,1,4-9H2. The maximum atomic E-state index is 9.04. The molecule has 1 aromatic rings. The highest BCUT2D eigenvalue weighted by molar-refractivity contribution is 6.30. The van der Waals surface area contributed by atoms with Crippen molar-refractivity contribution in [3.8, 4) is 6.07 Å². The van der Waals surface area contributed by atoms with Crippen molar-refractivity contribution >= 4 is 17.3 Å². The molecule has 108 valence electrons. The second kappa shape index (κ2) is 8.11. The van der Waals surface area contributed by atoms with E-state index in [0.29, 0.717) is 16.7 Å². The number of nitrogens with zero attached hydrogens (tertiary/aromatic N) is 1. The normalized spacial score (nSPS) is 15.8. The maximum absolute atomic E-state index is 9.04. The topological polar surface area (TPSA) is 57.1 Å². The molecule has 4 nitrogen and oxygen atoms in total. The van der Waals surface area contributed by atoms with Gasteiger partial charge in [0.2, 0.25) is 0 Å². The second-order valence-corrected chi connectivity index (χ2v) is 5.34. The molecule has 1 heterocycles. The highest BCUT2D eigenvalue weighted by atomic mass is 35.5. The molecule has 0 bridgehead atoms. The van der Waals surface area contributed by atoms with Crippen LogP contribution >= 0.6 is 11.6 Å². The monoisotopic (exact) mass is 293 g/mol. The molecule has 1 aromatic carbocycles. The molecule has 0 radical (unpaired) electrons. The van der Waals surface area contributed by atoms with E-state index in [1.807, 2.05) is 6.07 Å². The molecular weight excluding hydrogens is 274 g/mol. The van der Waals surface area contributed by atoms with Crippen molar-refractivity contribution in [2.24, 2.45) is 0 Å². The number of nitrogens with one attached hydrogen (secondary N) is 2. The van der Waals surface area contributed by atoms with E-state index in [9.17, 15) is 0 Å². The molecule has 0 amide bonds. The minimum absolute atomic E-state index is 0.404. The van der Waals surface area contributed by atoms with Crippen LogP contribution in [0.5, 0.6) is 0 Å². The zero-order chi connectivity index (χ0) is 14.2. The summed E-state index contributed by atoms with van der Waals surface area (Å²) < 4.78 is 5.83. The Balaban J connectivity index is 1.67. The summed E-state index contributed by atoms with van der Waals surface area (Å²) in [6, 6.07) is 7.45. The number of anilines is 1. The van der Waals surface area contributed by atoms with E-state index in [1.54, 1.807) is 12.1 Å². The minimum Gasteiger partial charge on any atom is -0.384 e. The Morgan fingerprint density at radius 1 is 1.40 bits per heavy atom. The van der Waals surface area contributed by atoms with Crippen molar-refractivity contribution in [2.75, 3.05) is 31.6 Å². The van der Waals surface area contributed by atoms with Crippen LogP contribution in [0.1, 0.15) is 24.8 Å². The van der Waals surface area contributed by atoms with Gasteiger partial charge in [0.25, 0.3) is 0 Å². The molecule has 0 unspecified atom stereocenters. The fourth-order valence-electron chi connectivity index (χ4n) is 2.27. The van der Waals surface area contributed by atoms with Gasteiger partial charge in [-0.15, -0.1) is 0 Å². The van der Waals surface area contributed by atoms with Crippen LogP contribution in [0.25, 0.3) is 0 Å². The Hall–Kier alpha value is -1.28. The van der Waals surface area contributed by atoms with Gasteiger partial charge >= 0.3 is 0 Å². The molecule has 2 N–H and O–H groups in total. The van der Waals surface area contributed by atoms with Crippen molar-refractivity contribution in [2.45, 2.75) is 25.4 Å². The van der Waals surface area contributed by atoms with Gasteiger partial charge in [0.1, 0.15) is 6.07 Å². The van der Waals surface area contributed by atoms with Crippen LogP contribution in [0, 0.1) is 11.3 Å². The zero-order valence-electron chi connectivity index (χ0n) is 11.5. The van der Waals surface area contributed by atoms with Crippen LogP contribution in [-0.4, -0.2) is 32.3 Å². The number of hydrogen-bond acceptors (Lipinski definition) is 4. The minimum atomic E-state index is 0.404. The van der Waals surface area contributed by atoms with Crippen LogP contribution < -0.4 is 10.6 Å². The largest absolute Gasteiger partial charge is 0.384 e. The number of halogens is 1. The predicted octanol–water partition coefficient (Wildman–Crippen LogP) is 2.78. The number of nitriles is 1. The molecule has 1 aliphatic rings. The molecule has 1 saturated heterocycles. The number of rotatable bonds is 6. The lowest BCUT2D eigenvalue weighted by Gasteiger charge is -2.23. The van der Waals surface area contributed by atoms with Crippen LogP contribution in [0.4, 0.5) is 5.69 Å². The molecule has 0 spiro atoms. The average molecular weight is 294 g/mol. The molecule has 0 saturated carbocycles. The first kappa shape index (κ1) is 15.1. The first-order valence-corrected chi connectivity index (χ1v) is 7.43. The average Bonchev–Trinajstić information content (AvgIpc) is 2.49. The summed E-state index contributed by atoms with van der Waals surface area (Å²) in [6.45, 7) is 3.66. The molecule has 1 aliphatic heterocycles. The van der Waals surface area contributed by atoms with Crippen LogP contribution in [0.2, 0.25) is 5.02 Å². The van der Waals surface area contributed by atoms with Gasteiger partial charge in [-0.3, -0.25) is 0 Å². The molecule has 5 heteroatoms. The van der Waals surface area contributed by atoms with Crippen LogP contribution in [0.15, 0.2) is 18.2 Å². The lowest BCUT2D eigenvalue weighted by atomic mass is 10.1. The highest BCUT2D eigenvalue weighted by Gasteiger charge is 2.12. The summed E-state index contributed by atoms with van der Waals surface area (Å²) in [5.74, 6) is 0. The summed E-state index contributed by atoms with van der Waals surface area (Å²) in [4.78, 5) is 0. The Morgan fingerprint density at radius 3 is 2.95 bits per heavy atom. The Bertz CT molecular complexity index is 467. The summed E-state index contributed by atoms with van der Waals surface area (Å²) in [7, 11) is 0. The molecule has 2 rings (SSSR count). The number of hydrogen-bond donors (Lipinski definition) is 2. The van der Waals surface area contributed by atoms with E-state index in [1.165, 1.54) is 0 Å². The van der Waals surface area contributed by atoms with Crippen molar-refractivity contribution in [1.29, 1.82) is 5.26 Å². The van der Waals surface area contributed by atoms with Gasteiger partial charge in [0.05, 0.1) is 17.4 Å². The number of benzene rings is 1. The summed E-state index contributed by atoms with van der Waals surface area (Å²) in [6.07, 6.45) is 3.53. The molecule has 20 heavy (non-hydrogen) atoms. The second-order valence-electron chi connectivity index (χ2n) is 4.90. The Labute approximate surface area is 125 Å². The van der Waals surface area contributed by atoms with Gasteiger partial charge in [-0.25, -0.2) is 0 Å². The predicted molar refractivity (Wildman–Crippen MR) is 81.1 cm³/mol. The quantitative estimate of drug-likeness (QED) is 0.792. The fraction of sp³-hybridized carbons (Fsp3) is 0.533. The lowest BCUT2D eigenvalue weighted by molar-refractivity contribution is 0.0329. The molecule has 0 atom stereocenters. The molecule has 0 aliphatic carbocycles. The maximum Gasteiger partial charge on any atom is 0.101 e. The highest BCUT2D eigenvalue weighted by Crippen LogP contribution is 2.19. The van der Waals surface area contributed by atoms with Gasteiger partial charge in [-0.1, -0.05) is 11.6 Å². The van der Waals surface area contributed by atoms with Crippen molar-refractivity contribution in [3.63, 3.8) is 0 Å². The Kier molecular flexibility index (Phi) is 6.13. The lowest BCUT2D eigenvalue weighted by Crippen LogP contribution is -2.32. The Morgan fingerprint density at radius 2 is 2.20 bits per heavy atom. The number of piperidine rings is 1. The van der Waals surface area contributed by atoms with Crippen LogP contribution in [0.3, 0.4) is 0 Å². The van der Waals surface area contributed by atoms with Gasteiger partial charge in [-0.2, -0.15) is 5.26 Å². The van der Waals surface area contributed by atoms with E-state index in [0.717, 1.165) is 51.2 Å². The first-order valence-electron chi connectivity index (χ1n) is 7.05. The third kappa shape index (κ3) is 4.68. The van der Waals surface area contributed by atoms with E-state index in [-0.39, 0.29) is 0 Å². The number of ether oxygens (including phenoxy) is 1. The smallest absolute Gasteiger partial charge is 0.101 e. The van der Waals surface area contributed by atoms with Crippen molar-refractivity contribution in [1.82, 2.24) is 5.32 Å². The van der Waals surface area contributed by atoms with Crippen LogP contribution in [-0.2, 0) is 4.74 Å². The van der Waals surface area contributed by atoms with Crippen molar-refractivity contribution in [3.05, 3.63) is 28.8 Å². The summed E-state index contributed by atoms with van der Waals surface area (Å²) in [5.41, 5.74) is 1.41. The summed E-state index contributed by atoms with van der Waals surface area (Å²) in [5, 5.41) is 16.2. The zero-order valence-corrected chi connectivity index (χ0v) is 12.2. The van der Waals surface area contributed by atoms with E-state index >= 15 is 0 Å². The van der Waals surface area contributed by atoms with Crippen molar-refractivity contribution < 1.29 is 4.74 Å². The van der Waals surface area contributed by atoms with Gasteiger partial charge in [0, 0.05) is 18.2 Å².